The van der Waals surface area contributed by atoms with Crippen LogP contribution >= 0.6 is 0 Å². The first-order valence-electron chi connectivity index (χ1n) is 5.23. The van der Waals surface area contributed by atoms with Gasteiger partial charge in [-0.1, -0.05) is 12.8 Å². The van der Waals surface area contributed by atoms with Gasteiger partial charge in [0, 0.05) is 0 Å². The molecule has 76 valence electrons. The number of hydrogen-bond donors (Lipinski definition) is 2. The summed E-state index contributed by atoms with van der Waals surface area (Å²) in [6.07, 6.45) is 5.55. The van der Waals surface area contributed by atoms with Crippen molar-refractivity contribution >= 4 is 0 Å². The Bertz CT molecular complexity index is 183. The van der Waals surface area contributed by atoms with E-state index in [0.717, 1.165) is 38.5 Å². The van der Waals surface area contributed by atoms with Gasteiger partial charge in [0.15, 0.2) is 0 Å². The van der Waals surface area contributed by atoms with E-state index in [1.807, 2.05) is 0 Å². The van der Waals surface area contributed by atoms with E-state index in [9.17, 15) is 5.11 Å². The van der Waals surface area contributed by atoms with Gasteiger partial charge >= 0.3 is 0 Å². The molecule has 0 amide bonds. The van der Waals surface area contributed by atoms with E-state index in [4.69, 9.17) is 9.84 Å². The summed E-state index contributed by atoms with van der Waals surface area (Å²) in [5.41, 5.74) is -0.300. The molecular weight excluding hydrogens is 168 g/mol. The van der Waals surface area contributed by atoms with E-state index < -0.39 is 0 Å². The first-order valence-corrected chi connectivity index (χ1v) is 5.23. The highest BCUT2D eigenvalue weighted by molar-refractivity contribution is 4.96. The van der Waals surface area contributed by atoms with Crippen LogP contribution in [0.2, 0.25) is 0 Å². The summed E-state index contributed by atoms with van der Waals surface area (Å²) in [5.74, 6) is 0. The highest BCUT2D eigenvalue weighted by Gasteiger charge is 2.46. The Labute approximate surface area is 78.7 Å². The van der Waals surface area contributed by atoms with Crippen LogP contribution in [0.5, 0.6) is 0 Å². The zero-order chi connectivity index (χ0) is 9.31. The van der Waals surface area contributed by atoms with Gasteiger partial charge in [0.1, 0.15) is 0 Å². The fraction of sp³-hybridized carbons (Fsp3) is 1.00. The van der Waals surface area contributed by atoms with Crippen molar-refractivity contribution in [3.8, 4) is 0 Å². The van der Waals surface area contributed by atoms with Crippen LogP contribution < -0.4 is 0 Å². The standard InChI is InChI=1S/C10H18O3/c11-7-8-4-6-10(13-8)5-2-1-3-9(10)12/h8-9,11-12H,1-7H2/t8-,9+,10+/m0/s1. The lowest BCUT2D eigenvalue weighted by molar-refractivity contribution is -0.142. The highest BCUT2D eigenvalue weighted by Crippen LogP contribution is 2.41. The lowest BCUT2D eigenvalue weighted by Gasteiger charge is -2.37. The molecule has 0 aromatic carbocycles. The Kier molecular flexibility index (Phi) is 2.58. The van der Waals surface area contributed by atoms with Gasteiger partial charge in [0.2, 0.25) is 0 Å². The van der Waals surface area contributed by atoms with Crippen molar-refractivity contribution in [2.45, 2.75) is 56.3 Å². The number of aliphatic hydroxyl groups excluding tert-OH is 2. The number of ether oxygens (including phenoxy) is 1. The molecule has 0 aromatic rings. The Morgan fingerprint density at radius 2 is 2.08 bits per heavy atom. The van der Waals surface area contributed by atoms with Crippen molar-refractivity contribution in [2.24, 2.45) is 0 Å². The van der Waals surface area contributed by atoms with Crippen LogP contribution in [0.25, 0.3) is 0 Å². The van der Waals surface area contributed by atoms with Crippen molar-refractivity contribution in [1.82, 2.24) is 0 Å². The van der Waals surface area contributed by atoms with Crippen molar-refractivity contribution in [3.05, 3.63) is 0 Å². The molecule has 13 heavy (non-hydrogen) atoms. The third-order valence-electron chi connectivity index (χ3n) is 3.43. The Hall–Kier alpha value is -0.120. The first kappa shape index (κ1) is 9.44. The molecule has 0 bridgehead atoms. The van der Waals surface area contributed by atoms with E-state index in [-0.39, 0.29) is 24.4 Å². The van der Waals surface area contributed by atoms with Gasteiger partial charge in [-0.2, -0.15) is 0 Å². The van der Waals surface area contributed by atoms with E-state index in [2.05, 4.69) is 0 Å². The predicted octanol–water partition coefficient (Wildman–Crippen LogP) is 0.831. The summed E-state index contributed by atoms with van der Waals surface area (Å²) in [7, 11) is 0. The average Bonchev–Trinajstić information content (AvgIpc) is 2.56. The molecule has 0 aromatic heterocycles. The molecular formula is C10H18O3. The third kappa shape index (κ3) is 1.60. The first-order chi connectivity index (χ1) is 6.27. The van der Waals surface area contributed by atoms with Gasteiger partial charge in [0.05, 0.1) is 24.4 Å². The fourth-order valence-corrected chi connectivity index (χ4v) is 2.60. The van der Waals surface area contributed by atoms with Gasteiger partial charge in [-0.25, -0.2) is 0 Å². The molecule has 2 N–H and O–H groups in total. The van der Waals surface area contributed by atoms with E-state index in [1.165, 1.54) is 0 Å². The average molecular weight is 186 g/mol. The van der Waals surface area contributed by atoms with Crippen molar-refractivity contribution in [1.29, 1.82) is 0 Å². The van der Waals surface area contributed by atoms with Crippen LogP contribution in [-0.2, 0) is 4.74 Å². The molecule has 2 aliphatic rings. The summed E-state index contributed by atoms with van der Waals surface area (Å²) < 4.78 is 5.75. The monoisotopic (exact) mass is 186 g/mol. The van der Waals surface area contributed by atoms with E-state index in [1.54, 1.807) is 0 Å². The predicted molar refractivity (Wildman–Crippen MR) is 48.4 cm³/mol. The van der Waals surface area contributed by atoms with Gasteiger partial charge in [0.25, 0.3) is 0 Å². The third-order valence-corrected chi connectivity index (χ3v) is 3.43. The zero-order valence-electron chi connectivity index (χ0n) is 7.91. The summed E-state index contributed by atoms with van der Waals surface area (Å²) in [6.45, 7) is 0.0917. The minimum absolute atomic E-state index is 0.0345. The van der Waals surface area contributed by atoms with Crippen LogP contribution in [0.15, 0.2) is 0 Å². The van der Waals surface area contributed by atoms with Crippen molar-refractivity contribution in [2.75, 3.05) is 6.61 Å². The molecule has 3 nitrogen and oxygen atoms in total. The summed E-state index contributed by atoms with van der Waals surface area (Å²) in [4.78, 5) is 0. The molecule has 1 spiro atoms. The summed E-state index contributed by atoms with van der Waals surface area (Å²) >= 11 is 0. The number of rotatable bonds is 1. The molecule has 1 saturated heterocycles. The lowest BCUT2D eigenvalue weighted by Crippen LogP contribution is -2.45. The molecule has 1 saturated carbocycles. The number of aliphatic hydroxyl groups is 2. The SMILES string of the molecule is OC[C@@H]1CC[C@@]2(CCCC[C@H]2O)O1. The Morgan fingerprint density at radius 3 is 2.69 bits per heavy atom. The largest absolute Gasteiger partial charge is 0.394 e. The Morgan fingerprint density at radius 1 is 1.23 bits per heavy atom. The normalized spacial score (nSPS) is 45.7. The molecule has 3 heteroatoms. The van der Waals surface area contributed by atoms with Gasteiger partial charge in [-0.3, -0.25) is 0 Å². The molecule has 0 unspecified atom stereocenters. The van der Waals surface area contributed by atoms with Crippen molar-refractivity contribution in [3.63, 3.8) is 0 Å². The number of hydrogen-bond acceptors (Lipinski definition) is 3. The summed E-state index contributed by atoms with van der Waals surface area (Å²) in [6, 6.07) is 0. The van der Waals surface area contributed by atoms with Crippen LogP contribution in [0.3, 0.4) is 0 Å². The molecule has 0 radical (unpaired) electrons. The van der Waals surface area contributed by atoms with Gasteiger partial charge in [-0.05, 0) is 25.7 Å². The molecule has 1 aliphatic heterocycles. The fourth-order valence-electron chi connectivity index (χ4n) is 2.60. The maximum atomic E-state index is 9.87. The van der Waals surface area contributed by atoms with Gasteiger partial charge in [-0.15, -0.1) is 0 Å². The zero-order valence-corrected chi connectivity index (χ0v) is 7.91. The maximum absolute atomic E-state index is 9.87. The molecule has 2 fully saturated rings. The topological polar surface area (TPSA) is 49.7 Å². The second-order valence-corrected chi connectivity index (χ2v) is 4.29. The Balaban J connectivity index is 2.03. The van der Waals surface area contributed by atoms with E-state index >= 15 is 0 Å². The second kappa shape index (κ2) is 3.56. The second-order valence-electron chi connectivity index (χ2n) is 4.29. The quantitative estimate of drug-likeness (QED) is 0.637. The van der Waals surface area contributed by atoms with E-state index in [0.29, 0.717) is 0 Å². The smallest absolute Gasteiger partial charge is 0.0946 e. The summed E-state index contributed by atoms with van der Waals surface area (Å²) in [5, 5.41) is 18.8. The molecule has 3 atom stereocenters. The molecule has 2 rings (SSSR count). The maximum Gasteiger partial charge on any atom is 0.0946 e. The lowest BCUT2D eigenvalue weighted by atomic mass is 9.80. The van der Waals surface area contributed by atoms with Crippen molar-refractivity contribution < 1.29 is 14.9 Å². The van der Waals surface area contributed by atoms with Gasteiger partial charge < -0.3 is 14.9 Å². The minimum atomic E-state index is -0.308. The minimum Gasteiger partial charge on any atom is -0.394 e. The molecule has 1 heterocycles. The van der Waals surface area contributed by atoms with Crippen LogP contribution in [0, 0.1) is 0 Å². The molecule has 1 aliphatic carbocycles. The van der Waals surface area contributed by atoms with Crippen LogP contribution in [0.1, 0.15) is 38.5 Å². The highest BCUT2D eigenvalue weighted by atomic mass is 16.5. The van der Waals surface area contributed by atoms with Crippen LogP contribution in [-0.4, -0.2) is 34.6 Å². The van der Waals surface area contributed by atoms with Crippen LogP contribution in [0.4, 0.5) is 0 Å².